The minimum Gasteiger partial charge on any atom is -0.494 e. The predicted octanol–water partition coefficient (Wildman–Crippen LogP) is 3.41. The molecule has 2 aromatic rings. The van der Waals surface area contributed by atoms with Gasteiger partial charge in [0, 0.05) is 10.5 Å². The molecule has 0 aromatic heterocycles. The van der Waals surface area contributed by atoms with E-state index < -0.39 is 0 Å². The minimum absolute atomic E-state index is 0.0702. The van der Waals surface area contributed by atoms with Gasteiger partial charge in [0.1, 0.15) is 5.75 Å². The highest BCUT2D eigenvalue weighted by molar-refractivity contribution is 7.98. The van der Waals surface area contributed by atoms with Crippen LogP contribution < -0.4 is 15.4 Å². The zero-order valence-electron chi connectivity index (χ0n) is 15.2. The molecule has 2 N–H and O–H groups in total. The zero-order valence-corrected chi connectivity index (χ0v) is 16.1. The molecule has 5 nitrogen and oxygen atoms in total. The second kappa shape index (κ2) is 9.87. The van der Waals surface area contributed by atoms with E-state index in [4.69, 9.17) is 4.74 Å². The highest BCUT2D eigenvalue weighted by Gasteiger charge is 2.12. The van der Waals surface area contributed by atoms with Gasteiger partial charge in [-0.15, -0.1) is 11.8 Å². The topological polar surface area (TPSA) is 67.4 Å². The fraction of sp³-hybridized carbons (Fsp3) is 0.300. The summed E-state index contributed by atoms with van der Waals surface area (Å²) in [6, 6.07) is 14.7. The van der Waals surface area contributed by atoms with Crippen LogP contribution in [0.3, 0.4) is 0 Å². The van der Waals surface area contributed by atoms with Gasteiger partial charge < -0.3 is 15.4 Å². The van der Waals surface area contributed by atoms with Gasteiger partial charge in [-0.1, -0.05) is 12.1 Å². The Morgan fingerprint density at radius 3 is 2.31 bits per heavy atom. The minimum atomic E-state index is -0.292. The van der Waals surface area contributed by atoms with E-state index in [2.05, 4.69) is 10.6 Å². The lowest BCUT2D eigenvalue weighted by molar-refractivity contribution is -0.120. The number of hydrogen-bond donors (Lipinski definition) is 2. The number of hydrogen-bond acceptors (Lipinski definition) is 4. The predicted molar refractivity (Wildman–Crippen MR) is 105 cm³/mol. The summed E-state index contributed by atoms with van der Waals surface area (Å²) >= 11 is 1.67. The number of nitrogens with one attached hydrogen (secondary N) is 2. The van der Waals surface area contributed by atoms with Crippen molar-refractivity contribution in [1.82, 2.24) is 10.6 Å². The molecule has 0 saturated heterocycles. The summed E-state index contributed by atoms with van der Waals surface area (Å²) < 4.78 is 5.34. The molecular formula is C20H24N2O3S. The molecule has 0 bridgehead atoms. The van der Waals surface area contributed by atoms with Gasteiger partial charge in [-0.25, -0.2) is 0 Å². The quantitative estimate of drug-likeness (QED) is 0.697. The van der Waals surface area contributed by atoms with Gasteiger partial charge in [0.05, 0.1) is 19.2 Å². The first-order chi connectivity index (χ1) is 12.5. The van der Waals surface area contributed by atoms with Crippen molar-refractivity contribution < 1.29 is 14.3 Å². The first-order valence-corrected chi connectivity index (χ1v) is 9.70. The molecule has 6 heteroatoms. The van der Waals surface area contributed by atoms with Crippen LogP contribution >= 0.6 is 11.8 Å². The fourth-order valence-corrected chi connectivity index (χ4v) is 2.81. The smallest absolute Gasteiger partial charge is 0.251 e. The van der Waals surface area contributed by atoms with Crippen molar-refractivity contribution in [3.05, 3.63) is 59.7 Å². The molecule has 2 aromatic carbocycles. The molecule has 1 atom stereocenters. The van der Waals surface area contributed by atoms with Gasteiger partial charge in [0.15, 0.2) is 0 Å². The Morgan fingerprint density at radius 2 is 1.73 bits per heavy atom. The van der Waals surface area contributed by atoms with Crippen molar-refractivity contribution in [1.29, 1.82) is 0 Å². The lowest BCUT2D eigenvalue weighted by Crippen LogP contribution is -2.38. The van der Waals surface area contributed by atoms with E-state index in [1.54, 1.807) is 36.0 Å². The molecular weight excluding hydrogens is 348 g/mol. The number of carbonyl (C=O) groups excluding carboxylic acids is 2. The number of ether oxygens (including phenoxy) is 1. The van der Waals surface area contributed by atoms with Crippen LogP contribution in [0.15, 0.2) is 53.4 Å². The fourth-order valence-electron chi connectivity index (χ4n) is 2.40. The molecule has 0 fully saturated rings. The van der Waals surface area contributed by atoms with Gasteiger partial charge >= 0.3 is 0 Å². The average molecular weight is 372 g/mol. The molecule has 26 heavy (non-hydrogen) atoms. The van der Waals surface area contributed by atoms with Gasteiger partial charge in [-0.3, -0.25) is 9.59 Å². The standard InChI is InChI=1S/C20H24N2O3S/c1-4-25-17-9-5-16(6-10-17)20(24)21-13-19(23)22-14(2)15-7-11-18(26-3)12-8-15/h5-12,14H,4,13H2,1-3H3,(H,21,24)(H,22,23). The van der Waals surface area contributed by atoms with E-state index >= 15 is 0 Å². The Balaban J connectivity index is 1.82. The van der Waals surface area contributed by atoms with Crippen molar-refractivity contribution in [3.8, 4) is 5.75 Å². The largest absolute Gasteiger partial charge is 0.494 e. The van der Waals surface area contributed by atoms with Crippen LogP contribution in [-0.4, -0.2) is 31.2 Å². The van der Waals surface area contributed by atoms with Gasteiger partial charge in [0.2, 0.25) is 5.91 Å². The molecule has 0 aliphatic rings. The van der Waals surface area contributed by atoms with Crippen LogP contribution in [0.25, 0.3) is 0 Å². The molecule has 0 aliphatic heterocycles. The summed E-state index contributed by atoms with van der Waals surface area (Å²) in [6.45, 7) is 4.32. The summed E-state index contributed by atoms with van der Waals surface area (Å²) in [6.07, 6.45) is 2.02. The van der Waals surface area contributed by atoms with Crippen LogP contribution in [-0.2, 0) is 4.79 Å². The van der Waals surface area contributed by atoms with Gasteiger partial charge in [-0.2, -0.15) is 0 Å². The Hall–Kier alpha value is -2.47. The summed E-state index contributed by atoms with van der Waals surface area (Å²) in [7, 11) is 0. The molecule has 1 unspecified atom stereocenters. The van der Waals surface area contributed by atoms with Crippen molar-refractivity contribution in [2.24, 2.45) is 0 Å². The van der Waals surface area contributed by atoms with Crippen LogP contribution in [0.1, 0.15) is 35.8 Å². The number of benzene rings is 2. The van der Waals surface area contributed by atoms with Crippen molar-refractivity contribution >= 4 is 23.6 Å². The molecule has 0 spiro atoms. The maximum absolute atomic E-state index is 12.1. The second-order valence-corrected chi connectivity index (χ2v) is 6.58. The Bertz CT molecular complexity index is 730. The van der Waals surface area contributed by atoms with Crippen LogP contribution in [0.4, 0.5) is 0 Å². The molecule has 2 rings (SSSR count). The van der Waals surface area contributed by atoms with E-state index in [1.807, 2.05) is 44.4 Å². The van der Waals surface area contributed by atoms with Crippen molar-refractivity contribution in [3.63, 3.8) is 0 Å². The molecule has 0 heterocycles. The third kappa shape index (κ3) is 5.81. The van der Waals surface area contributed by atoms with Crippen LogP contribution in [0.5, 0.6) is 5.75 Å². The van der Waals surface area contributed by atoms with Gasteiger partial charge in [-0.05, 0) is 62.1 Å². The maximum atomic E-state index is 12.1. The molecule has 0 aliphatic carbocycles. The summed E-state index contributed by atoms with van der Waals surface area (Å²) in [5, 5.41) is 5.52. The average Bonchev–Trinajstić information content (AvgIpc) is 2.67. The monoisotopic (exact) mass is 372 g/mol. The van der Waals surface area contributed by atoms with E-state index in [-0.39, 0.29) is 24.4 Å². The van der Waals surface area contributed by atoms with E-state index in [1.165, 1.54) is 4.90 Å². The Kier molecular flexibility index (Phi) is 7.53. The van der Waals surface area contributed by atoms with Gasteiger partial charge in [0.25, 0.3) is 5.91 Å². The van der Waals surface area contributed by atoms with Crippen LogP contribution in [0.2, 0.25) is 0 Å². The third-order valence-corrected chi connectivity index (χ3v) is 4.57. The number of rotatable bonds is 8. The van der Waals surface area contributed by atoms with Crippen LogP contribution in [0, 0.1) is 0 Å². The SMILES string of the molecule is CCOc1ccc(C(=O)NCC(=O)NC(C)c2ccc(SC)cc2)cc1. The highest BCUT2D eigenvalue weighted by atomic mass is 32.2. The Labute approximate surface area is 158 Å². The van der Waals surface area contributed by atoms with E-state index in [9.17, 15) is 9.59 Å². The Morgan fingerprint density at radius 1 is 1.08 bits per heavy atom. The summed E-state index contributed by atoms with van der Waals surface area (Å²) in [5.74, 6) is 0.189. The first-order valence-electron chi connectivity index (χ1n) is 8.48. The van der Waals surface area contributed by atoms with E-state index in [0.717, 1.165) is 5.56 Å². The third-order valence-electron chi connectivity index (χ3n) is 3.83. The first kappa shape index (κ1) is 19.8. The van der Waals surface area contributed by atoms with Crippen molar-refractivity contribution in [2.75, 3.05) is 19.4 Å². The molecule has 0 radical (unpaired) electrons. The summed E-state index contributed by atoms with van der Waals surface area (Å²) in [4.78, 5) is 25.4. The lowest BCUT2D eigenvalue weighted by Gasteiger charge is -2.15. The number of carbonyl (C=O) groups is 2. The molecule has 138 valence electrons. The summed E-state index contributed by atoms with van der Waals surface area (Å²) in [5.41, 5.74) is 1.51. The number of amides is 2. The number of thioether (sulfide) groups is 1. The lowest BCUT2D eigenvalue weighted by atomic mass is 10.1. The van der Waals surface area contributed by atoms with Crippen molar-refractivity contribution in [2.45, 2.75) is 24.8 Å². The second-order valence-electron chi connectivity index (χ2n) is 5.70. The zero-order chi connectivity index (χ0) is 18.9. The maximum Gasteiger partial charge on any atom is 0.251 e. The normalized spacial score (nSPS) is 11.5. The van der Waals surface area contributed by atoms with E-state index in [0.29, 0.717) is 17.9 Å². The highest BCUT2D eigenvalue weighted by Crippen LogP contribution is 2.18. The molecule has 0 saturated carbocycles. The molecule has 2 amide bonds.